The normalized spacial score (nSPS) is 11.8. The lowest BCUT2D eigenvalue weighted by Crippen LogP contribution is -2.39. The Morgan fingerprint density at radius 1 is 1.28 bits per heavy atom. The maximum absolute atomic E-state index is 11.6. The van der Waals surface area contributed by atoms with Crippen molar-refractivity contribution in [3.63, 3.8) is 0 Å². The maximum atomic E-state index is 11.6. The van der Waals surface area contributed by atoms with Gasteiger partial charge in [0.15, 0.2) is 0 Å². The molecule has 0 saturated heterocycles. The lowest BCUT2D eigenvalue weighted by Gasteiger charge is -2.17. The second-order valence-corrected chi connectivity index (χ2v) is 5.78. The molecule has 5 nitrogen and oxygen atoms in total. The van der Waals surface area contributed by atoms with Crippen molar-refractivity contribution in [2.75, 3.05) is 27.2 Å². The van der Waals surface area contributed by atoms with E-state index >= 15 is 0 Å². The molecule has 0 amide bonds. The first-order valence-corrected chi connectivity index (χ1v) is 7.27. The fourth-order valence-electron chi connectivity index (χ4n) is 1.49. The topological polar surface area (TPSA) is 58.6 Å². The summed E-state index contributed by atoms with van der Waals surface area (Å²) >= 11 is 0. The molecule has 0 bridgehead atoms. The number of hydrogen-bond acceptors (Lipinski definition) is 3. The van der Waals surface area contributed by atoms with Gasteiger partial charge in [0.05, 0.1) is 7.11 Å². The van der Waals surface area contributed by atoms with Crippen molar-refractivity contribution in [1.82, 2.24) is 9.03 Å². The van der Waals surface area contributed by atoms with E-state index in [1.54, 1.807) is 21.1 Å². The van der Waals surface area contributed by atoms with Crippen molar-refractivity contribution in [3.8, 4) is 5.75 Å². The second kappa shape index (κ2) is 6.72. The molecule has 1 N–H and O–H groups in total. The van der Waals surface area contributed by atoms with E-state index in [1.165, 1.54) is 4.31 Å². The number of hydrogen-bond donors (Lipinski definition) is 1. The van der Waals surface area contributed by atoms with Crippen molar-refractivity contribution in [2.45, 2.75) is 13.3 Å². The summed E-state index contributed by atoms with van der Waals surface area (Å²) in [4.78, 5) is 0. The van der Waals surface area contributed by atoms with E-state index in [4.69, 9.17) is 4.74 Å². The number of rotatable bonds is 7. The molecule has 0 spiro atoms. The summed E-state index contributed by atoms with van der Waals surface area (Å²) < 4.78 is 32.1. The van der Waals surface area contributed by atoms with Crippen molar-refractivity contribution < 1.29 is 13.2 Å². The molecule has 0 unspecified atom stereocenters. The van der Waals surface area contributed by atoms with Crippen molar-refractivity contribution in [3.05, 3.63) is 29.8 Å². The third kappa shape index (κ3) is 4.29. The van der Waals surface area contributed by atoms with Crippen LogP contribution in [-0.2, 0) is 16.6 Å². The molecule has 0 radical (unpaired) electrons. The van der Waals surface area contributed by atoms with E-state index < -0.39 is 10.2 Å². The molecule has 0 atom stereocenters. The van der Waals surface area contributed by atoms with Crippen LogP contribution in [0.25, 0.3) is 0 Å². The monoisotopic (exact) mass is 272 g/mol. The largest absolute Gasteiger partial charge is 0.497 e. The van der Waals surface area contributed by atoms with Crippen LogP contribution in [0, 0.1) is 0 Å². The van der Waals surface area contributed by atoms with Crippen LogP contribution >= 0.6 is 0 Å². The van der Waals surface area contributed by atoms with Gasteiger partial charge < -0.3 is 4.74 Å². The smallest absolute Gasteiger partial charge is 0.279 e. The third-order valence-corrected chi connectivity index (χ3v) is 4.27. The zero-order chi connectivity index (χ0) is 13.6. The van der Waals surface area contributed by atoms with Gasteiger partial charge in [0.1, 0.15) is 5.75 Å². The minimum atomic E-state index is -3.33. The highest BCUT2D eigenvalue weighted by atomic mass is 32.2. The quantitative estimate of drug-likeness (QED) is 0.806. The Hall–Kier alpha value is -1.11. The number of nitrogens with zero attached hydrogens (tertiary/aromatic N) is 1. The maximum Gasteiger partial charge on any atom is 0.279 e. The Balaban J connectivity index is 2.54. The molecule has 0 aromatic heterocycles. The summed E-state index contributed by atoms with van der Waals surface area (Å²) in [6, 6.07) is 7.61. The minimum absolute atomic E-state index is 0.398. The summed E-state index contributed by atoms with van der Waals surface area (Å²) in [5, 5.41) is 0. The Bertz CT molecular complexity index is 457. The second-order valence-electron chi connectivity index (χ2n) is 3.92. The Morgan fingerprint density at radius 3 is 2.39 bits per heavy atom. The van der Waals surface area contributed by atoms with Crippen LogP contribution in [0.3, 0.4) is 0 Å². The Kier molecular flexibility index (Phi) is 5.58. The Morgan fingerprint density at radius 2 is 1.89 bits per heavy atom. The molecular formula is C12H20N2O3S. The summed E-state index contributed by atoms with van der Waals surface area (Å²) in [5.41, 5.74) is 1.08. The molecule has 0 aliphatic rings. The Labute approximate surface area is 109 Å². The number of methoxy groups -OCH3 is 1. The summed E-state index contributed by atoms with van der Waals surface area (Å²) in [5.74, 6) is 0.798. The van der Waals surface area contributed by atoms with Crippen LogP contribution in [0.15, 0.2) is 24.3 Å². The molecular weight excluding hydrogens is 252 g/mol. The van der Waals surface area contributed by atoms with Crippen molar-refractivity contribution in [1.29, 1.82) is 0 Å². The van der Waals surface area contributed by atoms with Gasteiger partial charge in [-0.05, 0) is 24.1 Å². The SMILES string of the molecule is CCNS(=O)(=O)N(C)CCc1ccc(OC)cc1. The highest BCUT2D eigenvalue weighted by Gasteiger charge is 2.15. The van der Waals surface area contributed by atoms with E-state index in [-0.39, 0.29) is 0 Å². The first kappa shape index (κ1) is 14.9. The van der Waals surface area contributed by atoms with Crippen molar-refractivity contribution in [2.24, 2.45) is 0 Å². The molecule has 18 heavy (non-hydrogen) atoms. The van der Waals surface area contributed by atoms with Gasteiger partial charge in [-0.2, -0.15) is 12.7 Å². The van der Waals surface area contributed by atoms with Gasteiger partial charge in [0.2, 0.25) is 0 Å². The lowest BCUT2D eigenvalue weighted by molar-refractivity contribution is 0.414. The van der Waals surface area contributed by atoms with Crippen LogP contribution in [-0.4, -0.2) is 40.0 Å². The number of nitrogens with one attached hydrogen (secondary N) is 1. The van der Waals surface area contributed by atoms with Crippen LogP contribution in [0.2, 0.25) is 0 Å². The van der Waals surface area contributed by atoms with Gasteiger partial charge in [-0.15, -0.1) is 0 Å². The van der Waals surface area contributed by atoms with E-state index in [2.05, 4.69) is 4.72 Å². The molecule has 0 heterocycles. The van der Waals surface area contributed by atoms with E-state index in [0.717, 1.165) is 11.3 Å². The standard InChI is InChI=1S/C12H20N2O3S/c1-4-13-18(15,16)14(2)10-9-11-5-7-12(17-3)8-6-11/h5-8,13H,4,9-10H2,1-3H3. The molecule has 0 saturated carbocycles. The van der Waals surface area contributed by atoms with Crippen LogP contribution in [0.1, 0.15) is 12.5 Å². The van der Waals surface area contributed by atoms with E-state index in [1.807, 2.05) is 24.3 Å². The van der Waals surface area contributed by atoms with Crippen LogP contribution in [0.5, 0.6) is 5.75 Å². The van der Waals surface area contributed by atoms with Gasteiger partial charge >= 0.3 is 0 Å². The van der Waals surface area contributed by atoms with Gasteiger partial charge in [-0.1, -0.05) is 19.1 Å². The van der Waals surface area contributed by atoms with Crippen molar-refractivity contribution >= 4 is 10.2 Å². The number of benzene rings is 1. The first-order chi connectivity index (χ1) is 8.49. The predicted octanol–water partition coefficient (Wildman–Crippen LogP) is 1.02. The highest BCUT2D eigenvalue weighted by Crippen LogP contribution is 2.12. The van der Waals surface area contributed by atoms with Gasteiger partial charge in [0.25, 0.3) is 10.2 Å². The zero-order valence-electron chi connectivity index (χ0n) is 11.0. The molecule has 0 aliphatic carbocycles. The summed E-state index contributed by atoms with van der Waals surface area (Å²) in [6.07, 6.45) is 0.672. The van der Waals surface area contributed by atoms with Gasteiger partial charge in [0, 0.05) is 20.1 Å². The molecule has 1 rings (SSSR count). The molecule has 102 valence electrons. The highest BCUT2D eigenvalue weighted by molar-refractivity contribution is 7.87. The molecule has 6 heteroatoms. The summed E-state index contributed by atoms with van der Waals surface area (Å²) in [6.45, 7) is 2.60. The zero-order valence-corrected chi connectivity index (χ0v) is 11.8. The average Bonchev–Trinajstić information content (AvgIpc) is 2.36. The molecule has 0 aliphatic heterocycles. The lowest BCUT2D eigenvalue weighted by atomic mass is 10.1. The fraction of sp³-hybridized carbons (Fsp3) is 0.500. The molecule has 0 fully saturated rings. The van der Waals surface area contributed by atoms with Gasteiger partial charge in [-0.3, -0.25) is 0 Å². The third-order valence-electron chi connectivity index (χ3n) is 2.61. The molecule has 1 aromatic carbocycles. The van der Waals surface area contributed by atoms with Crippen LogP contribution < -0.4 is 9.46 Å². The minimum Gasteiger partial charge on any atom is -0.497 e. The van der Waals surface area contributed by atoms with Gasteiger partial charge in [-0.25, -0.2) is 4.72 Å². The molecule has 1 aromatic rings. The first-order valence-electron chi connectivity index (χ1n) is 5.83. The van der Waals surface area contributed by atoms with E-state index in [0.29, 0.717) is 19.5 Å². The fourth-order valence-corrected chi connectivity index (χ4v) is 2.41. The number of likely N-dealkylation sites (N-methyl/N-ethyl adjacent to an activating group) is 1. The number of ether oxygens (including phenoxy) is 1. The predicted molar refractivity (Wildman–Crippen MR) is 71.9 cm³/mol. The average molecular weight is 272 g/mol. The van der Waals surface area contributed by atoms with E-state index in [9.17, 15) is 8.42 Å². The van der Waals surface area contributed by atoms with Crippen LogP contribution in [0.4, 0.5) is 0 Å². The summed E-state index contributed by atoms with van der Waals surface area (Å²) in [7, 11) is -0.147.